The van der Waals surface area contributed by atoms with Crippen molar-refractivity contribution >= 4 is 34.6 Å². The van der Waals surface area contributed by atoms with E-state index in [0.29, 0.717) is 23.6 Å². The second-order valence-corrected chi connectivity index (χ2v) is 6.98. The van der Waals surface area contributed by atoms with Gasteiger partial charge in [0.1, 0.15) is 5.82 Å². The lowest BCUT2D eigenvalue weighted by molar-refractivity contribution is 0.223. The minimum absolute atomic E-state index is 0.0221. The van der Waals surface area contributed by atoms with E-state index in [1.54, 1.807) is 20.0 Å². The van der Waals surface area contributed by atoms with Gasteiger partial charge in [-0.25, -0.2) is 14.2 Å². The number of carbonyl (C=O) groups excluding carboxylic acids is 1. The Bertz CT molecular complexity index is 1010. The number of aromatic nitrogens is 2. The summed E-state index contributed by atoms with van der Waals surface area (Å²) in [7, 11) is 1.55. The first kappa shape index (κ1) is 19.9. The molecule has 2 amide bonds. The number of para-hydroxylation sites is 1. The number of aliphatic hydroxyl groups excluding tert-OH is 1. The van der Waals surface area contributed by atoms with Crippen LogP contribution in [0, 0.1) is 5.82 Å². The van der Waals surface area contributed by atoms with Gasteiger partial charge in [-0.3, -0.25) is 0 Å². The Hall–Kier alpha value is -2.84. The fourth-order valence-corrected chi connectivity index (χ4v) is 3.04. The average molecular weight is 406 g/mol. The third-order valence-corrected chi connectivity index (χ3v) is 4.82. The van der Waals surface area contributed by atoms with Crippen LogP contribution in [-0.4, -0.2) is 34.8 Å². The molecule has 3 rings (SSSR count). The minimum Gasteiger partial charge on any atom is -0.394 e. The third-order valence-electron chi connectivity index (χ3n) is 4.53. The number of halogens is 2. The molecule has 0 spiro atoms. The number of urea groups is 1. The van der Waals surface area contributed by atoms with Crippen molar-refractivity contribution in [1.29, 1.82) is 0 Å². The number of anilines is 1. The lowest BCUT2D eigenvalue weighted by Gasteiger charge is -2.29. The van der Waals surface area contributed by atoms with Gasteiger partial charge in [0.25, 0.3) is 0 Å². The van der Waals surface area contributed by atoms with Crippen LogP contribution in [0.3, 0.4) is 0 Å². The summed E-state index contributed by atoms with van der Waals surface area (Å²) in [6, 6.07) is 9.60. The third kappa shape index (κ3) is 4.02. The molecule has 2 aromatic carbocycles. The van der Waals surface area contributed by atoms with Crippen LogP contribution in [0.1, 0.15) is 18.1 Å². The SMILES string of the molecule is CNC(=O)NCc1cccc2[nH]c(NC(C)(CO)c3ccc(F)c(Cl)c3)nc12. The zero-order chi connectivity index (χ0) is 20.3. The molecule has 7 nitrogen and oxygen atoms in total. The number of aromatic amines is 1. The molecule has 5 N–H and O–H groups in total. The van der Waals surface area contributed by atoms with E-state index < -0.39 is 11.4 Å². The minimum atomic E-state index is -0.939. The number of amides is 2. The molecule has 28 heavy (non-hydrogen) atoms. The molecular weight excluding hydrogens is 385 g/mol. The Balaban J connectivity index is 1.90. The summed E-state index contributed by atoms with van der Waals surface area (Å²) in [6.07, 6.45) is 0. The van der Waals surface area contributed by atoms with Crippen molar-refractivity contribution in [1.82, 2.24) is 20.6 Å². The number of rotatable bonds is 6. The Kier molecular flexibility index (Phi) is 5.71. The Morgan fingerprint density at radius 1 is 1.36 bits per heavy atom. The lowest BCUT2D eigenvalue weighted by Crippen LogP contribution is -2.36. The number of nitrogens with zero attached hydrogens (tertiary/aromatic N) is 1. The molecule has 9 heteroatoms. The van der Waals surface area contributed by atoms with E-state index in [4.69, 9.17) is 11.6 Å². The predicted molar refractivity (Wildman–Crippen MR) is 107 cm³/mol. The van der Waals surface area contributed by atoms with Crippen molar-refractivity contribution in [3.63, 3.8) is 0 Å². The summed E-state index contributed by atoms with van der Waals surface area (Å²) >= 11 is 5.89. The number of carbonyl (C=O) groups is 1. The highest BCUT2D eigenvalue weighted by atomic mass is 35.5. The molecule has 0 radical (unpaired) electrons. The topological polar surface area (TPSA) is 102 Å². The molecule has 0 fully saturated rings. The normalized spacial score (nSPS) is 13.2. The molecule has 0 saturated carbocycles. The van der Waals surface area contributed by atoms with Crippen molar-refractivity contribution < 1.29 is 14.3 Å². The van der Waals surface area contributed by atoms with Crippen molar-refractivity contribution in [3.05, 3.63) is 58.4 Å². The van der Waals surface area contributed by atoms with Crippen LogP contribution in [0.4, 0.5) is 15.1 Å². The highest BCUT2D eigenvalue weighted by Crippen LogP contribution is 2.29. The standard InChI is InChI=1S/C19H21ClFN5O2/c1-19(10-27,12-6-7-14(21)13(20)8-12)26-17-24-15-5-3-4-11(16(15)25-17)9-23-18(28)22-2/h3-8,27H,9-10H2,1-2H3,(H2,22,23,28)(H2,24,25,26). The fourth-order valence-electron chi connectivity index (χ4n) is 2.86. The van der Waals surface area contributed by atoms with Crippen molar-refractivity contribution in [2.75, 3.05) is 19.0 Å². The molecule has 1 heterocycles. The highest BCUT2D eigenvalue weighted by Gasteiger charge is 2.28. The van der Waals surface area contributed by atoms with Crippen LogP contribution in [0.25, 0.3) is 11.0 Å². The van der Waals surface area contributed by atoms with Crippen LogP contribution in [0.15, 0.2) is 36.4 Å². The Morgan fingerprint density at radius 2 is 2.14 bits per heavy atom. The summed E-state index contributed by atoms with van der Waals surface area (Å²) < 4.78 is 13.5. The molecule has 0 aliphatic carbocycles. The van der Waals surface area contributed by atoms with Gasteiger partial charge in [0.2, 0.25) is 5.95 Å². The summed E-state index contributed by atoms with van der Waals surface area (Å²) in [5, 5.41) is 18.3. The quantitative estimate of drug-likeness (QED) is 0.435. The largest absolute Gasteiger partial charge is 0.394 e. The molecule has 0 saturated heterocycles. The van der Waals surface area contributed by atoms with Crippen molar-refractivity contribution in [2.45, 2.75) is 19.0 Å². The van der Waals surface area contributed by atoms with Crippen LogP contribution in [0.5, 0.6) is 0 Å². The Labute approximate surface area is 166 Å². The second-order valence-electron chi connectivity index (χ2n) is 6.58. The van der Waals surface area contributed by atoms with Crippen LogP contribution >= 0.6 is 11.6 Å². The number of H-pyrrole nitrogens is 1. The second kappa shape index (κ2) is 8.04. The van der Waals surface area contributed by atoms with Gasteiger partial charge in [-0.05, 0) is 36.2 Å². The van der Waals surface area contributed by atoms with E-state index in [2.05, 4.69) is 25.9 Å². The zero-order valence-electron chi connectivity index (χ0n) is 15.4. The van der Waals surface area contributed by atoms with Crippen LogP contribution < -0.4 is 16.0 Å². The monoisotopic (exact) mass is 405 g/mol. The molecule has 1 aromatic heterocycles. The number of aliphatic hydroxyl groups is 1. The lowest BCUT2D eigenvalue weighted by atomic mass is 9.93. The first-order chi connectivity index (χ1) is 13.4. The van der Waals surface area contributed by atoms with Gasteiger partial charge in [0.15, 0.2) is 0 Å². The van der Waals surface area contributed by atoms with E-state index in [-0.39, 0.29) is 17.7 Å². The average Bonchev–Trinajstić information content (AvgIpc) is 3.10. The molecular formula is C19H21ClFN5O2. The number of fused-ring (bicyclic) bond motifs is 1. The number of benzene rings is 2. The first-order valence-electron chi connectivity index (χ1n) is 8.64. The smallest absolute Gasteiger partial charge is 0.314 e. The number of hydrogen-bond acceptors (Lipinski definition) is 4. The van der Waals surface area contributed by atoms with E-state index in [1.165, 1.54) is 12.1 Å². The van der Waals surface area contributed by atoms with Gasteiger partial charge in [0, 0.05) is 13.6 Å². The van der Waals surface area contributed by atoms with Crippen molar-refractivity contribution in [3.8, 4) is 0 Å². The summed E-state index contributed by atoms with van der Waals surface area (Å²) in [5.41, 5.74) is 1.98. The molecule has 1 unspecified atom stereocenters. The summed E-state index contributed by atoms with van der Waals surface area (Å²) in [4.78, 5) is 19.1. The maximum Gasteiger partial charge on any atom is 0.314 e. The zero-order valence-corrected chi connectivity index (χ0v) is 16.2. The van der Waals surface area contributed by atoms with E-state index in [9.17, 15) is 14.3 Å². The maximum absolute atomic E-state index is 13.5. The van der Waals surface area contributed by atoms with Gasteiger partial charge in [0.05, 0.1) is 28.2 Å². The summed E-state index contributed by atoms with van der Waals surface area (Å²) in [6.45, 7) is 1.81. The van der Waals surface area contributed by atoms with Gasteiger partial charge in [-0.2, -0.15) is 0 Å². The molecule has 148 valence electrons. The fraction of sp³-hybridized carbons (Fsp3) is 0.263. The number of imidazole rings is 1. The molecule has 0 bridgehead atoms. The summed E-state index contributed by atoms with van der Waals surface area (Å²) in [5.74, 6) is -0.0953. The van der Waals surface area contributed by atoms with Gasteiger partial charge < -0.3 is 26.0 Å². The Morgan fingerprint density at radius 3 is 2.82 bits per heavy atom. The van der Waals surface area contributed by atoms with Gasteiger partial charge >= 0.3 is 6.03 Å². The first-order valence-corrected chi connectivity index (χ1v) is 9.02. The highest BCUT2D eigenvalue weighted by molar-refractivity contribution is 6.30. The number of hydrogen-bond donors (Lipinski definition) is 5. The number of nitrogens with one attached hydrogen (secondary N) is 4. The van der Waals surface area contributed by atoms with Gasteiger partial charge in [-0.1, -0.05) is 29.8 Å². The van der Waals surface area contributed by atoms with Crippen LogP contribution in [0.2, 0.25) is 5.02 Å². The van der Waals surface area contributed by atoms with Gasteiger partial charge in [-0.15, -0.1) is 0 Å². The van der Waals surface area contributed by atoms with E-state index in [0.717, 1.165) is 11.1 Å². The van der Waals surface area contributed by atoms with Crippen molar-refractivity contribution in [2.24, 2.45) is 0 Å². The molecule has 3 aromatic rings. The predicted octanol–water partition coefficient (Wildman–Crippen LogP) is 3.10. The van der Waals surface area contributed by atoms with E-state index >= 15 is 0 Å². The van der Waals surface area contributed by atoms with Crippen LogP contribution in [-0.2, 0) is 12.1 Å². The molecule has 1 atom stereocenters. The van der Waals surface area contributed by atoms with E-state index in [1.807, 2.05) is 18.2 Å². The molecule has 0 aliphatic rings. The molecule has 0 aliphatic heterocycles. The maximum atomic E-state index is 13.5.